The Bertz CT molecular complexity index is 779. The van der Waals surface area contributed by atoms with Gasteiger partial charge in [-0.3, -0.25) is 0 Å². The van der Waals surface area contributed by atoms with E-state index in [0.29, 0.717) is 0 Å². The number of benzene rings is 2. The Morgan fingerprint density at radius 3 is 2.38 bits per heavy atom. The topological polar surface area (TPSA) is 18.8 Å². The van der Waals surface area contributed by atoms with Crippen molar-refractivity contribution in [2.24, 2.45) is 4.99 Å². The van der Waals surface area contributed by atoms with Gasteiger partial charge in [-0.2, -0.15) is 0 Å². The second-order valence-electron chi connectivity index (χ2n) is 6.27. The van der Waals surface area contributed by atoms with E-state index in [2.05, 4.69) is 91.4 Å². The molecule has 26 heavy (non-hydrogen) atoms. The molecule has 4 heteroatoms. The van der Waals surface area contributed by atoms with Gasteiger partial charge in [0.05, 0.1) is 22.1 Å². The Morgan fingerprint density at radius 2 is 1.65 bits per heavy atom. The molecule has 0 N–H and O–H groups in total. The summed E-state index contributed by atoms with van der Waals surface area (Å²) in [6, 6.07) is 18.9. The molecule has 3 rings (SSSR count). The smallest absolute Gasteiger partial charge is 0.0989 e. The highest BCUT2D eigenvalue weighted by Crippen LogP contribution is 2.36. The maximum Gasteiger partial charge on any atom is 0.0989 e. The van der Waals surface area contributed by atoms with Gasteiger partial charge >= 0.3 is 0 Å². The van der Waals surface area contributed by atoms with Crippen LogP contribution in [-0.4, -0.2) is 42.4 Å². The molecule has 0 spiro atoms. The van der Waals surface area contributed by atoms with Crippen molar-refractivity contribution in [3.8, 4) is 0 Å². The molecule has 0 amide bonds. The lowest BCUT2D eigenvalue weighted by Gasteiger charge is -2.23. The number of hydrogen-bond donors (Lipinski definition) is 0. The average molecular weight is 366 g/mol. The van der Waals surface area contributed by atoms with Gasteiger partial charge in [0.1, 0.15) is 0 Å². The van der Waals surface area contributed by atoms with Crippen molar-refractivity contribution in [3.63, 3.8) is 0 Å². The minimum atomic E-state index is 1.03. The van der Waals surface area contributed by atoms with Crippen LogP contribution in [0.2, 0.25) is 0 Å². The van der Waals surface area contributed by atoms with Gasteiger partial charge in [-0.1, -0.05) is 56.3 Å². The van der Waals surface area contributed by atoms with Crippen molar-refractivity contribution in [2.45, 2.75) is 13.8 Å². The molecule has 0 unspecified atom stereocenters. The number of anilines is 1. The Kier molecular flexibility index (Phi) is 6.53. The number of aliphatic imine (C=N–C) groups is 1. The summed E-state index contributed by atoms with van der Waals surface area (Å²) < 4.78 is 0. The molecule has 0 bridgehead atoms. The van der Waals surface area contributed by atoms with Crippen LogP contribution < -0.4 is 4.90 Å². The first-order valence-electron chi connectivity index (χ1n) is 9.26. The minimum Gasteiger partial charge on any atom is -0.342 e. The molecular weight excluding hydrogens is 338 g/mol. The highest BCUT2D eigenvalue weighted by Gasteiger charge is 2.17. The van der Waals surface area contributed by atoms with E-state index in [4.69, 9.17) is 4.99 Å². The van der Waals surface area contributed by atoms with E-state index in [1.807, 2.05) is 11.8 Å². The van der Waals surface area contributed by atoms with E-state index in [1.54, 1.807) is 0 Å². The summed E-state index contributed by atoms with van der Waals surface area (Å²) in [7, 11) is 2.12. The third-order valence-electron chi connectivity index (χ3n) is 4.72. The lowest BCUT2D eigenvalue weighted by atomic mass is 10.1. The summed E-state index contributed by atoms with van der Waals surface area (Å²) in [4.78, 5) is 9.65. The van der Waals surface area contributed by atoms with Crippen LogP contribution in [0, 0.1) is 0 Å². The number of thioether (sulfide) groups is 1. The zero-order chi connectivity index (χ0) is 18.4. The SMILES string of the molecule is CCN(CC)CCSC1=Nc2ccccc2N(C)C(c2ccccc2)=C1. The molecular formula is C22H27N3S. The van der Waals surface area contributed by atoms with E-state index < -0.39 is 0 Å². The van der Waals surface area contributed by atoms with Crippen LogP contribution in [0.1, 0.15) is 19.4 Å². The lowest BCUT2D eigenvalue weighted by Crippen LogP contribution is -2.25. The number of fused-ring (bicyclic) bond motifs is 1. The summed E-state index contributed by atoms with van der Waals surface area (Å²) in [6.07, 6.45) is 2.22. The maximum absolute atomic E-state index is 4.96. The van der Waals surface area contributed by atoms with E-state index >= 15 is 0 Å². The molecule has 1 aliphatic rings. The Balaban J connectivity index is 1.90. The van der Waals surface area contributed by atoms with Crippen LogP contribution in [0.3, 0.4) is 0 Å². The number of para-hydroxylation sites is 2. The Labute approximate surface area is 161 Å². The average Bonchev–Trinajstić information content (AvgIpc) is 2.83. The fraction of sp³-hybridized carbons (Fsp3) is 0.318. The van der Waals surface area contributed by atoms with Crippen LogP contribution in [0.5, 0.6) is 0 Å². The van der Waals surface area contributed by atoms with Crippen molar-refractivity contribution in [1.29, 1.82) is 0 Å². The van der Waals surface area contributed by atoms with Crippen molar-refractivity contribution in [2.75, 3.05) is 37.3 Å². The third-order valence-corrected chi connectivity index (χ3v) is 5.61. The first-order chi connectivity index (χ1) is 12.7. The molecule has 0 fully saturated rings. The predicted octanol–water partition coefficient (Wildman–Crippen LogP) is 5.28. The second kappa shape index (κ2) is 9.06. The lowest BCUT2D eigenvalue weighted by molar-refractivity contribution is 0.324. The van der Waals surface area contributed by atoms with Crippen molar-refractivity contribution >= 4 is 33.9 Å². The molecule has 136 valence electrons. The molecule has 0 saturated heterocycles. The summed E-state index contributed by atoms with van der Waals surface area (Å²) in [5.41, 5.74) is 4.57. The third kappa shape index (κ3) is 4.37. The van der Waals surface area contributed by atoms with E-state index in [9.17, 15) is 0 Å². The van der Waals surface area contributed by atoms with E-state index in [1.165, 1.54) is 11.3 Å². The fourth-order valence-electron chi connectivity index (χ4n) is 3.12. The fourth-order valence-corrected chi connectivity index (χ4v) is 4.03. The molecule has 2 aromatic rings. The first kappa shape index (κ1) is 18.7. The monoisotopic (exact) mass is 365 g/mol. The van der Waals surface area contributed by atoms with Gasteiger partial charge in [0, 0.05) is 19.3 Å². The molecule has 0 radical (unpaired) electrons. The van der Waals surface area contributed by atoms with E-state index in [-0.39, 0.29) is 0 Å². The number of hydrogen-bond acceptors (Lipinski definition) is 4. The minimum absolute atomic E-state index is 1.03. The molecule has 1 aliphatic heterocycles. The quantitative estimate of drug-likeness (QED) is 0.694. The van der Waals surface area contributed by atoms with Gasteiger partial charge in [-0.15, -0.1) is 11.8 Å². The molecule has 0 atom stereocenters. The first-order valence-corrected chi connectivity index (χ1v) is 10.2. The van der Waals surface area contributed by atoms with E-state index in [0.717, 1.165) is 41.8 Å². The van der Waals surface area contributed by atoms with Gasteiger partial charge < -0.3 is 9.80 Å². The molecule has 0 aliphatic carbocycles. The predicted molar refractivity (Wildman–Crippen MR) is 117 cm³/mol. The highest BCUT2D eigenvalue weighted by atomic mass is 32.2. The van der Waals surface area contributed by atoms with Gasteiger partial charge in [0.15, 0.2) is 0 Å². The summed E-state index contributed by atoms with van der Waals surface area (Å²) in [6.45, 7) is 7.72. The zero-order valence-electron chi connectivity index (χ0n) is 15.9. The standard InChI is InChI=1S/C22H27N3S/c1-4-25(5-2)15-16-26-22-17-21(18-11-7-6-8-12-18)24(3)20-14-10-9-13-19(20)23-22/h6-14,17H,4-5,15-16H2,1-3H3. The molecule has 1 heterocycles. The van der Waals surface area contributed by atoms with Crippen molar-refractivity contribution in [3.05, 3.63) is 66.2 Å². The normalized spacial score (nSPS) is 13.9. The van der Waals surface area contributed by atoms with Crippen molar-refractivity contribution < 1.29 is 0 Å². The second-order valence-corrected chi connectivity index (χ2v) is 7.38. The summed E-state index contributed by atoms with van der Waals surface area (Å²) >= 11 is 1.84. The largest absolute Gasteiger partial charge is 0.342 e. The molecule has 0 aromatic heterocycles. The van der Waals surface area contributed by atoms with Gasteiger partial charge in [-0.25, -0.2) is 4.99 Å². The Morgan fingerprint density at radius 1 is 0.962 bits per heavy atom. The molecule has 2 aromatic carbocycles. The number of nitrogens with zero attached hydrogens (tertiary/aromatic N) is 3. The summed E-state index contributed by atoms with van der Waals surface area (Å²) in [5.74, 6) is 1.05. The Hall–Kier alpha value is -2.04. The maximum atomic E-state index is 4.96. The van der Waals surface area contributed by atoms with Crippen LogP contribution in [0.4, 0.5) is 11.4 Å². The molecule has 3 nitrogen and oxygen atoms in total. The van der Waals surface area contributed by atoms with Crippen LogP contribution in [0.15, 0.2) is 65.7 Å². The van der Waals surface area contributed by atoms with Gasteiger partial charge in [0.25, 0.3) is 0 Å². The van der Waals surface area contributed by atoms with Crippen LogP contribution in [-0.2, 0) is 0 Å². The van der Waals surface area contributed by atoms with Gasteiger partial charge in [0.2, 0.25) is 0 Å². The number of rotatable bonds is 6. The van der Waals surface area contributed by atoms with Gasteiger partial charge in [-0.05, 0) is 36.9 Å². The summed E-state index contributed by atoms with van der Waals surface area (Å²) in [5, 5.41) is 1.08. The van der Waals surface area contributed by atoms with Crippen LogP contribution in [0.25, 0.3) is 5.70 Å². The zero-order valence-corrected chi connectivity index (χ0v) is 16.7. The van der Waals surface area contributed by atoms with Crippen molar-refractivity contribution in [1.82, 2.24) is 4.90 Å². The highest BCUT2D eigenvalue weighted by molar-refractivity contribution is 8.14. The van der Waals surface area contributed by atoms with Crippen LogP contribution >= 0.6 is 11.8 Å². The molecule has 0 saturated carbocycles.